The van der Waals surface area contributed by atoms with E-state index in [0.717, 1.165) is 17.9 Å². The minimum atomic E-state index is 0.712. The van der Waals surface area contributed by atoms with Crippen molar-refractivity contribution in [3.8, 4) is 11.4 Å². The maximum absolute atomic E-state index is 5.79. The van der Waals surface area contributed by atoms with E-state index < -0.39 is 0 Å². The summed E-state index contributed by atoms with van der Waals surface area (Å²) >= 11 is 5.79. The van der Waals surface area contributed by atoms with Crippen LogP contribution in [-0.4, -0.2) is 20.2 Å². The summed E-state index contributed by atoms with van der Waals surface area (Å²) in [6.07, 6.45) is 0. The number of hydrogen-bond donors (Lipinski definition) is 0. The van der Waals surface area contributed by atoms with Crippen LogP contribution >= 0.6 is 11.6 Å². The quantitative estimate of drug-likeness (QED) is 0.759. The van der Waals surface area contributed by atoms with E-state index >= 15 is 0 Å². The van der Waals surface area contributed by atoms with Crippen molar-refractivity contribution in [1.29, 1.82) is 0 Å². The van der Waals surface area contributed by atoms with Gasteiger partial charge in [0.2, 0.25) is 0 Å². The summed E-state index contributed by atoms with van der Waals surface area (Å²) in [6.45, 7) is 2.75. The molecular weight excluding hydrogens is 200 g/mol. The summed E-state index contributed by atoms with van der Waals surface area (Å²) in [5, 5.41) is 12.1. The van der Waals surface area contributed by atoms with Gasteiger partial charge in [-0.15, -0.1) is 5.10 Å². The number of tetrazole rings is 1. The predicted molar refractivity (Wildman–Crippen MR) is 53.9 cm³/mol. The van der Waals surface area contributed by atoms with E-state index in [9.17, 15) is 0 Å². The highest BCUT2D eigenvalue weighted by Gasteiger charge is 2.06. The SMILES string of the molecule is CCn1nnnc1-c1ccc(Cl)cc1. The largest absolute Gasteiger partial charge is 0.226 e. The standard InChI is InChI=1S/C9H9ClN4/c1-2-14-9(11-12-13-14)7-3-5-8(10)6-4-7/h3-6H,2H2,1H3. The molecule has 0 saturated carbocycles. The molecule has 0 spiro atoms. The highest BCUT2D eigenvalue weighted by molar-refractivity contribution is 6.30. The van der Waals surface area contributed by atoms with Crippen molar-refractivity contribution in [3.63, 3.8) is 0 Å². The fourth-order valence-corrected chi connectivity index (χ4v) is 1.35. The first kappa shape index (κ1) is 9.15. The van der Waals surface area contributed by atoms with E-state index in [0.29, 0.717) is 5.02 Å². The van der Waals surface area contributed by atoms with Gasteiger partial charge in [0.25, 0.3) is 0 Å². The van der Waals surface area contributed by atoms with Crippen LogP contribution in [0.5, 0.6) is 0 Å². The lowest BCUT2D eigenvalue weighted by molar-refractivity contribution is 0.631. The van der Waals surface area contributed by atoms with E-state index in [4.69, 9.17) is 11.6 Å². The zero-order valence-corrected chi connectivity index (χ0v) is 8.44. The third-order valence-electron chi connectivity index (χ3n) is 1.93. The molecule has 4 nitrogen and oxygen atoms in total. The van der Waals surface area contributed by atoms with Gasteiger partial charge in [-0.1, -0.05) is 11.6 Å². The number of aryl methyl sites for hydroxylation is 1. The molecule has 1 aromatic heterocycles. The fraction of sp³-hybridized carbons (Fsp3) is 0.222. The number of halogens is 1. The molecule has 0 radical (unpaired) electrons. The molecular formula is C9H9ClN4. The van der Waals surface area contributed by atoms with Gasteiger partial charge in [-0.05, 0) is 41.6 Å². The molecule has 0 fully saturated rings. The zero-order valence-electron chi connectivity index (χ0n) is 7.68. The molecule has 1 heterocycles. The van der Waals surface area contributed by atoms with Crippen molar-refractivity contribution >= 4 is 11.6 Å². The van der Waals surface area contributed by atoms with E-state index in [2.05, 4.69) is 15.5 Å². The summed E-state index contributed by atoms with van der Waals surface area (Å²) in [6, 6.07) is 7.46. The van der Waals surface area contributed by atoms with E-state index in [1.54, 1.807) is 4.68 Å². The van der Waals surface area contributed by atoms with Crippen LogP contribution in [0.4, 0.5) is 0 Å². The first-order valence-corrected chi connectivity index (χ1v) is 4.71. The Labute approximate surface area is 86.5 Å². The zero-order chi connectivity index (χ0) is 9.97. The maximum atomic E-state index is 5.79. The summed E-state index contributed by atoms with van der Waals surface area (Å²) in [5.41, 5.74) is 0.973. The van der Waals surface area contributed by atoms with Crippen molar-refractivity contribution < 1.29 is 0 Å². The van der Waals surface area contributed by atoms with Crippen LogP contribution in [-0.2, 0) is 6.54 Å². The Balaban J connectivity index is 2.44. The number of nitrogens with zero attached hydrogens (tertiary/aromatic N) is 4. The molecule has 72 valence electrons. The van der Waals surface area contributed by atoms with Crippen LogP contribution in [0.15, 0.2) is 24.3 Å². The molecule has 2 aromatic rings. The first-order chi connectivity index (χ1) is 6.81. The number of benzene rings is 1. The summed E-state index contributed by atoms with van der Waals surface area (Å²) in [7, 11) is 0. The highest BCUT2D eigenvalue weighted by Crippen LogP contribution is 2.18. The molecule has 5 heteroatoms. The molecule has 0 saturated heterocycles. The summed E-state index contributed by atoms with van der Waals surface area (Å²) < 4.78 is 1.74. The molecule has 0 unspecified atom stereocenters. The van der Waals surface area contributed by atoms with Gasteiger partial charge in [0.15, 0.2) is 5.82 Å². The second kappa shape index (κ2) is 3.75. The number of aromatic nitrogens is 4. The Morgan fingerprint density at radius 1 is 1.29 bits per heavy atom. The Hall–Kier alpha value is -1.42. The van der Waals surface area contributed by atoms with E-state index in [1.807, 2.05) is 31.2 Å². The lowest BCUT2D eigenvalue weighted by atomic mass is 10.2. The topological polar surface area (TPSA) is 43.6 Å². The molecule has 0 aliphatic heterocycles. The Bertz CT molecular complexity index is 421. The second-order valence-electron chi connectivity index (χ2n) is 2.83. The third-order valence-corrected chi connectivity index (χ3v) is 2.19. The minimum Gasteiger partial charge on any atom is -0.226 e. The Kier molecular flexibility index (Phi) is 2.45. The van der Waals surface area contributed by atoms with Gasteiger partial charge < -0.3 is 0 Å². The summed E-state index contributed by atoms with van der Waals surface area (Å²) in [5.74, 6) is 0.768. The van der Waals surface area contributed by atoms with E-state index in [-0.39, 0.29) is 0 Å². The molecule has 1 aromatic carbocycles. The van der Waals surface area contributed by atoms with Gasteiger partial charge in [0.1, 0.15) is 0 Å². The highest BCUT2D eigenvalue weighted by atomic mass is 35.5. The predicted octanol–water partition coefficient (Wildman–Crippen LogP) is 2.01. The monoisotopic (exact) mass is 208 g/mol. The molecule has 2 rings (SSSR count). The third kappa shape index (κ3) is 1.61. The van der Waals surface area contributed by atoms with Crippen LogP contribution in [0, 0.1) is 0 Å². The number of rotatable bonds is 2. The molecule has 0 N–H and O–H groups in total. The molecule has 0 aliphatic carbocycles. The first-order valence-electron chi connectivity index (χ1n) is 4.33. The van der Waals surface area contributed by atoms with Crippen LogP contribution in [0.2, 0.25) is 5.02 Å². The summed E-state index contributed by atoms with van der Waals surface area (Å²) in [4.78, 5) is 0. The lowest BCUT2D eigenvalue weighted by Crippen LogP contribution is -1.99. The molecule has 0 atom stereocenters. The molecule has 0 aliphatic rings. The van der Waals surface area contributed by atoms with Gasteiger partial charge >= 0.3 is 0 Å². The molecule has 14 heavy (non-hydrogen) atoms. The van der Waals surface area contributed by atoms with Crippen LogP contribution in [0.25, 0.3) is 11.4 Å². The van der Waals surface area contributed by atoms with Gasteiger partial charge in [-0.25, -0.2) is 4.68 Å². The average molecular weight is 209 g/mol. The second-order valence-corrected chi connectivity index (χ2v) is 3.26. The van der Waals surface area contributed by atoms with Crippen LogP contribution < -0.4 is 0 Å². The van der Waals surface area contributed by atoms with Crippen molar-refractivity contribution in [2.45, 2.75) is 13.5 Å². The molecule has 0 amide bonds. The van der Waals surface area contributed by atoms with Crippen molar-refractivity contribution in [1.82, 2.24) is 20.2 Å². The average Bonchev–Trinajstić information content (AvgIpc) is 2.67. The van der Waals surface area contributed by atoms with Gasteiger partial charge in [0.05, 0.1) is 0 Å². The van der Waals surface area contributed by atoms with Crippen LogP contribution in [0.3, 0.4) is 0 Å². The van der Waals surface area contributed by atoms with Crippen molar-refractivity contribution in [2.75, 3.05) is 0 Å². The number of hydrogen-bond acceptors (Lipinski definition) is 3. The Morgan fingerprint density at radius 3 is 2.64 bits per heavy atom. The van der Waals surface area contributed by atoms with Gasteiger partial charge in [-0.2, -0.15) is 0 Å². The Morgan fingerprint density at radius 2 is 2.00 bits per heavy atom. The fourth-order valence-electron chi connectivity index (χ4n) is 1.22. The smallest absolute Gasteiger partial charge is 0.181 e. The van der Waals surface area contributed by atoms with Crippen molar-refractivity contribution in [3.05, 3.63) is 29.3 Å². The van der Waals surface area contributed by atoms with Crippen molar-refractivity contribution in [2.24, 2.45) is 0 Å². The van der Waals surface area contributed by atoms with Crippen LogP contribution in [0.1, 0.15) is 6.92 Å². The van der Waals surface area contributed by atoms with Gasteiger partial charge in [-0.3, -0.25) is 0 Å². The lowest BCUT2D eigenvalue weighted by Gasteiger charge is -2.00. The minimum absolute atomic E-state index is 0.712. The maximum Gasteiger partial charge on any atom is 0.181 e. The van der Waals surface area contributed by atoms with E-state index in [1.165, 1.54) is 0 Å². The normalized spacial score (nSPS) is 10.4. The molecule has 0 bridgehead atoms. The van der Waals surface area contributed by atoms with Gasteiger partial charge in [0, 0.05) is 17.1 Å².